The summed E-state index contributed by atoms with van der Waals surface area (Å²) in [5.41, 5.74) is 2.83. The SMILES string of the molecule is COCCNCc1cccc(S(=O)(=O)N(Cc2ccccc2)Cc2ccccc2)c1. The van der Waals surface area contributed by atoms with E-state index in [1.807, 2.05) is 66.7 Å². The average Bonchev–Trinajstić information content (AvgIpc) is 2.78. The number of methoxy groups -OCH3 is 1. The molecule has 0 aliphatic rings. The Morgan fingerprint density at radius 2 is 1.37 bits per heavy atom. The highest BCUT2D eigenvalue weighted by Gasteiger charge is 2.25. The van der Waals surface area contributed by atoms with Crippen LogP contribution in [0.15, 0.2) is 89.8 Å². The molecule has 6 heteroatoms. The van der Waals surface area contributed by atoms with Gasteiger partial charge in [-0.15, -0.1) is 0 Å². The van der Waals surface area contributed by atoms with Crippen LogP contribution in [0.2, 0.25) is 0 Å². The van der Waals surface area contributed by atoms with Gasteiger partial charge in [0.1, 0.15) is 0 Å². The van der Waals surface area contributed by atoms with Crippen molar-refractivity contribution in [1.82, 2.24) is 9.62 Å². The Labute approximate surface area is 179 Å². The van der Waals surface area contributed by atoms with Gasteiger partial charge in [0, 0.05) is 33.3 Å². The van der Waals surface area contributed by atoms with Gasteiger partial charge in [0.15, 0.2) is 0 Å². The van der Waals surface area contributed by atoms with Crippen LogP contribution in [0.3, 0.4) is 0 Å². The molecule has 0 amide bonds. The Hall–Kier alpha value is -2.51. The van der Waals surface area contributed by atoms with Crippen LogP contribution in [-0.4, -0.2) is 33.0 Å². The number of benzene rings is 3. The van der Waals surface area contributed by atoms with Crippen molar-refractivity contribution in [2.75, 3.05) is 20.3 Å². The van der Waals surface area contributed by atoms with Gasteiger partial charge in [0.25, 0.3) is 0 Å². The highest BCUT2D eigenvalue weighted by molar-refractivity contribution is 7.89. The summed E-state index contributed by atoms with van der Waals surface area (Å²) >= 11 is 0. The second-order valence-electron chi connectivity index (χ2n) is 7.06. The molecule has 5 nitrogen and oxygen atoms in total. The second kappa shape index (κ2) is 11.0. The summed E-state index contributed by atoms with van der Waals surface area (Å²) in [7, 11) is -2.02. The molecular formula is C24H28N2O3S. The Morgan fingerprint density at radius 3 is 1.93 bits per heavy atom. The van der Waals surface area contributed by atoms with Crippen LogP contribution < -0.4 is 5.32 Å². The molecule has 0 heterocycles. The van der Waals surface area contributed by atoms with Crippen LogP contribution in [0.25, 0.3) is 0 Å². The predicted octanol–water partition coefficient (Wildman–Crippen LogP) is 3.81. The Bertz CT molecular complexity index is 967. The summed E-state index contributed by atoms with van der Waals surface area (Å²) in [5.74, 6) is 0. The number of hydrogen-bond donors (Lipinski definition) is 1. The van der Waals surface area contributed by atoms with E-state index in [4.69, 9.17) is 4.74 Å². The lowest BCUT2D eigenvalue weighted by Crippen LogP contribution is -2.30. The fourth-order valence-corrected chi connectivity index (χ4v) is 4.66. The molecule has 158 valence electrons. The quantitative estimate of drug-likeness (QED) is 0.476. The van der Waals surface area contributed by atoms with Crippen molar-refractivity contribution < 1.29 is 13.2 Å². The molecule has 0 atom stereocenters. The van der Waals surface area contributed by atoms with Gasteiger partial charge >= 0.3 is 0 Å². The monoisotopic (exact) mass is 424 g/mol. The minimum atomic E-state index is -3.67. The molecule has 0 unspecified atom stereocenters. The molecule has 0 fully saturated rings. The maximum Gasteiger partial charge on any atom is 0.243 e. The lowest BCUT2D eigenvalue weighted by molar-refractivity contribution is 0.199. The maximum atomic E-state index is 13.6. The maximum absolute atomic E-state index is 13.6. The van der Waals surface area contributed by atoms with E-state index in [2.05, 4.69) is 5.32 Å². The molecule has 0 aliphatic carbocycles. The van der Waals surface area contributed by atoms with Crippen LogP contribution in [0.5, 0.6) is 0 Å². The van der Waals surface area contributed by atoms with Crippen molar-refractivity contribution in [3.63, 3.8) is 0 Å². The Morgan fingerprint density at radius 1 is 0.800 bits per heavy atom. The summed E-state index contributed by atoms with van der Waals surface area (Å²) in [5, 5.41) is 3.26. The third-order valence-corrected chi connectivity index (χ3v) is 6.54. The number of nitrogens with zero attached hydrogens (tertiary/aromatic N) is 1. The smallest absolute Gasteiger partial charge is 0.243 e. The third-order valence-electron chi connectivity index (χ3n) is 4.75. The highest BCUT2D eigenvalue weighted by atomic mass is 32.2. The first-order valence-electron chi connectivity index (χ1n) is 9.96. The van der Waals surface area contributed by atoms with Crippen LogP contribution in [0, 0.1) is 0 Å². The number of rotatable bonds is 11. The molecule has 0 saturated heterocycles. The number of hydrogen-bond acceptors (Lipinski definition) is 4. The highest BCUT2D eigenvalue weighted by Crippen LogP contribution is 2.22. The van der Waals surface area contributed by atoms with E-state index < -0.39 is 10.0 Å². The molecule has 3 aromatic carbocycles. The third kappa shape index (κ3) is 6.24. The molecule has 0 aromatic heterocycles. The molecule has 30 heavy (non-hydrogen) atoms. The van der Waals surface area contributed by atoms with E-state index >= 15 is 0 Å². The van der Waals surface area contributed by atoms with Gasteiger partial charge in [-0.2, -0.15) is 4.31 Å². The number of sulfonamides is 1. The fraction of sp³-hybridized carbons (Fsp3) is 0.250. The molecule has 3 rings (SSSR count). The Kier molecular flexibility index (Phi) is 8.16. The van der Waals surface area contributed by atoms with Gasteiger partial charge in [-0.25, -0.2) is 8.42 Å². The van der Waals surface area contributed by atoms with E-state index in [9.17, 15) is 8.42 Å². The molecular weight excluding hydrogens is 396 g/mol. The molecule has 0 bridgehead atoms. The first kappa shape index (κ1) is 22.2. The normalized spacial score (nSPS) is 11.7. The molecule has 1 N–H and O–H groups in total. The summed E-state index contributed by atoms with van der Waals surface area (Å²) in [4.78, 5) is 0.306. The largest absolute Gasteiger partial charge is 0.383 e. The number of nitrogens with one attached hydrogen (secondary N) is 1. The molecule has 0 spiro atoms. The van der Waals surface area contributed by atoms with E-state index in [0.29, 0.717) is 37.7 Å². The van der Waals surface area contributed by atoms with Crippen LogP contribution >= 0.6 is 0 Å². The van der Waals surface area contributed by atoms with Crippen molar-refractivity contribution in [3.05, 3.63) is 102 Å². The van der Waals surface area contributed by atoms with Gasteiger partial charge in [-0.3, -0.25) is 0 Å². The standard InChI is InChI=1S/C24H28N2O3S/c1-29-16-15-25-18-23-13-8-14-24(17-23)30(27,28)26(19-21-9-4-2-5-10-21)20-22-11-6-3-7-12-22/h2-14,17,25H,15-16,18-20H2,1H3. The zero-order chi connectivity index (χ0) is 21.2. The number of ether oxygens (including phenoxy) is 1. The summed E-state index contributed by atoms with van der Waals surface area (Å²) < 4.78 is 33.7. The van der Waals surface area contributed by atoms with Gasteiger partial charge in [-0.1, -0.05) is 72.8 Å². The second-order valence-corrected chi connectivity index (χ2v) is 9.00. The van der Waals surface area contributed by atoms with Gasteiger partial charge in [0.2, 0.25) is 10.0 Å². The molecule has 0 radical (unpaired) electrons. The van der Waals surface area contributed by atoms with Crippen LogP contribution in [0.1, 0.15) is 16.7 Å². The van der Waals surface area contributed by atoms with Crippen LogP contribution in [-0.2, 0) is 34.4 Å². The van der Waals surface area contributed by atoms with E-state index in [1.54, 1.807) is 25.3 Å². The fourth-order valence-electron chi connectivity index (χ4n) is 3.17. The summed E-state index contributed by atoms with van der Waals surface area (Å²) in [6.45, 7) is 2.54. The van der Waals surface area contributed by atoms with Crippen LogP contribution in [0.4, 0.5) is 0 Å². The van der Waals surface area contributed by atoms with Crippen molar-refractivity contribution in [2.45, 2.75) is 24.5 Å². The van der Waals surface area contributed by atoms with Gasteiger partial charge in [-0.05, 0) is 28.8 Å². The van der Waals surface area contributed by atoms with E-state index in [1.165, 1.54) is 4.31 Å². The minimum absolute atomic E-state index is 0.306. The first-order valence-corrected chi connectivity index (χ1v) is 11.4. The lowest BCUT2D eigenvalue weighted by Gasteiger charge is -2.23. The van der Waals surface area contributed by atoms with Crippen molar-refractivity contribution in [1.29, 1.82) is 0 Å². The predicted molar refractivity (Wildman–Crippen MR) is 119 cm³/mol. The topological polar surface area (TPSA) is 58.6 Å². The molecule has 0 saturated carbocycles. The molecule has 0 aliphatic heterocycles. The minimum Gasteiger partial charge on any atom is -0.383 e. The lowest BCUT2D eigenvalue weighted by atomic mass is 10.2. The van der Waals surface area contributed by atoms with E-state index in [-0.39, 0.29) is 0 Å². The van der Waals surface area contributed by atoms with Gasteiger partial charge in [0.05, 0.1) is 11.5 Å². The Balaban J connectivity index is 1.85. The van der Waals surface area contributed by atoms with Crippen molar-refractivity contribution in [2.24, 2.45) is 0 Å². The summed E-state index contributed by atoms with van der Waals surface area (Å²) in [6.07, 6.45) is 0. The zero-order valence-corrected chi connectivity index (χ0v) is 18.0. The first-order chi connectivity index (χ1) is 14.6. The van der Waals surface area contributed by atoms with Gasteiger partial charge < -0.3 is 10.1 Å². The van der Waals surface area contributed by atoms with Crippen molar-refractivity contribution in [3.8, 4) is 0 Å². The van der Waals surface area contributed by atoms with Crippen molar-refractivity contribution >= 4 is 10.0 Å². The summed E-state index contributed by atoms with van der Waals surface area (Å²) in [6, 6.07) is 26.5. The van der Waals surface area contributed by atoms with E-state index in [0.717, 1.165) is 16.7 Å². The average molecular weight is 425 g/mol. The zero-order valence-electron chi connectivity index (χ0n) is 17.2. The molecule has 3 aromatic rings.